The van der Waals surface area contributed by atoms with Crippen molar-refractivity contribution in [1.82, 2.24) is 10.2 Å². The van der Waals surface area contributed by atoms with Gasteiger partial charge in [0.05, 0.1) is 6.61 Å². The van der Waals surface area contributed by atoms with E-state index >= 15 is 0 Å². The predicted molar refractivity (Wildman–Crippen MR) is 88.3 cm³/mol. The van der Waals surface area contributed by atoms with E-state index in [1.54, 1.807) is 19.1 Å². The van der Waals surface area contributed by atoms with Gasteiger partial charge in [-0.1, -0.05) is 6.92 Å². The van der Waals surface area contributed by atoms with E-state index in [0.29, 0.717) is 30.9 Å². The highest BCUT2D eigenvalue weighted by atomic mass is 16.5. The fourth-order valence-corrected chi connectivity index (χ4v) is 2.76. The average Bonchev–Trinajstić information content (AvgIpc) is 3.20. The maximum absolute atomic E-state index is 11.5. The summed E-state index contributed by atoms with van der Waals surface area (Å²) in [6.07, 6.45) is 2.43. The number of nitrogens with two attached hydrogens (primary N) is 1. The fourth-order valence-electron chi connectivity index (χ4n) is 2.76. The third-order valence-corrected chi connectivity index (χ3v) is 3.97. The highest BCUT2D eigenvalue weighted by Gasteiger charge is 2.22. The summed E-state index contributed by atoms with van der Waals surface area (Å²) >= 11 is 0. The third-order valence-electron chi connectivity index (χ3n) is 3.97. The lowest BCUT2D eigenvalue weighted by Gasteiger charge is -2.23. The van der Waals surface area contributed by atoms with E-state index in [1.165, 1.54) is 12.8 Å². The molecule has 3 N–H and O–H groups in total. The molecule has 1 aromatic rings. The lowest BCUT2D eigenvalue weighted by molar-refractivity contribution is 0.0488. The van der Waals surface area contributed by atoms with Gasteiger partial charge in [0.25, 0.3) is 0 Å². The highest BCUT2D eigenvalue weighted by Crippen LogP contribution is 2.15. The van der Waals surface area contributed by atoms with Gasteiger partial charge in [-0.3, -0.25) is 4.90 Å². The fraction of sp³-hybridized carbons (Fsp3) is 0.625. The van der Waals surface area contributed by atoms with Gasteiger partial charge in [0, 0.05) is 12.6 Å². The molecule has 1 fully saturated rings. The van der Waals surface area contributed by atoms with Crippen molar-refractivity contribution in [2.24, 2.45) is 10.7 Å². The minimum atomic E-state index is -0.463. The Morgan fingerprint density at radius 3 is 3.09 bits per heavy atom. The molecule has 0 radical (unpaired) electrons. The lowest BCUT2D eigenvalue weighted by Crippen LogP contribution is -2.42. The standard InChI is InChI=1S/C16H26N4O3/c1-3-20-9-5-6-12(20)10-18-16(17)19-11-13-7-8-14(23-13)15(21)22-4-2/h7-8,12H,3-6,9-11H2,1-2H3,(H3,17,18,19). The molecule has 1 aromatic heterocycles. The number of nitrogens with zero attached hydrogens (tertiary/aromatic N) is 2. The number of guanidine groups is 1. The van der Waals surface area contributed by atoms with Gasteiger partial charge >= 0.3 is 5.97 Å². The van der Waals surface area contributed by atoms with Crippen LogP contribution in [0, 0.1) is 0 Å². The maximum atomic E-state index is 11.5. The summed E-state index contributed by atoms with van der Waals surface area (Å²) in [4.78, 5) is 18.2. The van der Waals surface area contributed by atoms with Gasteiger partial charge in [0.15, 0.2) is 5.96 Å². The molecule has 0 aliphatic carbocycles. The molecule has 0 saturated carbocycles. The van der Waals surface area contributed by atoms with Crippen LogP contribution >= 0.6 is 0 Å². The van der Waals surface area contributed by atoms with Crippen LogP contribution in [0.4, 0.5) is 0 Å². The van der Waals surface area contributed by atoms with Gasteiger partial charge in [-0.25, -0.2) is 9.79 Å². The second-order valence-corrected chi connectivity index (χ2v) is 5.49. The Bertz CT molecular complexity index is 541. The first-order valence-corrected chi connectivity index (χ1v) is 8.17. The molecule has 128 valence electrons. The Morgan fingerprint density at radius 2 is 2.35 bits per heavy atom. The first kappa shape index (κ1) is 17.3. The van der Waals surface area contributed by atoms with Crippen LogP contribution in [0.5, 0.6) is 0 Å². The van der Waals surface area contributed by atoms with Crippen molar-refractivity contribution >= 4 is 11.9 Å². The molecule has 0 aromatic carbocycles. The zero-order valence-corrected chi connectivity index (χ0v) is 13.9. The van der Waals surface area contributed by atoms with Gasteiger partial charge in [0.1, 0.15) is 12.3 Å². The molecule has 0 amide bonds. The van der Waals surface area contributed by atoms with Crippen LogP contribution in [0.2, 0.25) is 0 Å². The van der Waals surface area contributed by atoms with Gasteiger partial charge in [-0.2, -0.15) is 0 Å². The van der Waals surface area contributed by atoms with Crippen molar-refractivity contribution in [1.29, 1.82) is 0 Å². The van der Waals surface area contributed by atoms with Crippen molar-refractivity contribution in [2.45, 2.75) is 39.3 Å². The molecule has 1 saturated heterocycles. The van der Waals surface area contributed by atoms with Crippen LogP contribution in [-0.2, 0) is 11.3 Å². The Morgan fingerprint density at radius 1 is 1.52 bits per heavy atom. The van der Waals surface area contributed by atoms with Crippen molar-refractivity contribution in [3.63, 3.8) is 0 Å². The topological polar surface area (TPSA) is 93.1 Å². The minimum absolute atomic E-state index is 0.188. The number of likely N-dealkylation sites (N-methyl/N-ethyl adjacent to an activating group) is 1. The molecule has 2 heterocycles. The summed E-state index contributed by atoms with van der Waals surface area (Å²) in [6, 6.07) is 3.82. The van der Waals surface area contributed by atoms with Crippen molar-refractivity contribution in [3.05, 3.63) is 23.7 Å². The zero-order valence-electron chi connectivity index (χ0n) is 13.9. The van der Waals surface area contributed by atoms with E-state index in [1.807, 2.05) is 0 Å². The van der Waals surface area contributed by atoms with Gasteiger partial charge < -0.3 is 20.2 Å². The smallest absolute Gasteiger partial charge is 0.374 e. The Hall–Kier alpha value is -2.02. The molecule has 1 aliphatic rings. The number of carbonyl (C=O) groups excluding carboxylic acids is 1. The second kappa shape index (κ2) is 8.57. The first-order valence-electron chi connectivity index (χ1n) is 8.17. The molecule has 1 atom stereocenters. The predicted octanol–water partition coefficient (Wildman–Crippen LogP) is 1.34. The normalized spacial score (nSPS) is 19.0. The van der Waals surface area contributed by atoms with Crippen LogP contribution < -0.4 is 11.1 Å². The largest absolute Gasteiger partial charge is 0.460 e. The van der Waals surface area contributed by atoms with Gasteiger partial charge in [-0.05, 0) is 45.0 Å². The average molecular weight is 322 g/mol. The van der Waals surface area contributed by atoms with Crippen LogP contribution in [0.3, 0.4) is 0 Å². The molecule has 0 bridgehead atoms. The third kappa shape index (κ3) is 4.99. The van der Waals surface area contributed by atoms with Crippen LogP contribution in [-0.4, -0.2) is 49.1 Å². The molecule has 1 aliphatic heterocycles. The van der Waals surface area contributed by atoms with Crippen molar-refractivity contribution in [2.75, 3.05) is 26.2 Å². The first-order chi connectivity index (χ1) is 11.1. The highest BCUT2D eigenvalue weighted by molar-refractivity contribution is 5.86. The molecule has 2 rings (SSSR count). The minimum Gasteiger partial charge on any atom is -0.460 e. The van der Waals surface area contributed by atoms with E-state index in [0.717, 1.165) is 19.6 Å². The lowest BCUT2D eigenvalue weighted by atomic mass is 10.2. The monoisotopic (exact) mass is 322 g/mol. The van der Waals surface area contributed by atoms with E-state index in [4.69, 9.17) is 14.9 Å². The SMILES string of the molecule is CCOC(=O)c1ccc(CN=C(N)NCC2CCCN2CC)o1. The number of aliphatic imine (C=N–C) groups is 1. The zero-order chi connectivity index (χ0) is 16.7. The van der Waals surface area contributed by atoms with Crippen LogP contribution in [0.15, 0.2) is 21.5 Å². The quantitative estimate of drug-likeness (QED) is 0.447. The number of furan rings is 1. The van der Waals surface area contributed by atoms with Crippen LogP contribution in [0.25, 0.3) is 0 Å². The Kier molecular flexibility index (Phi) is 6.46. The van der Waals surface area contributed by atoms with E-state index < -0.39 is 5.97 Å². The summed E-state index contributed by atoms with van der Waals surface area (Å²) in [5, 5.41) is 3.16. The number of nitrogens with one attached hydrogen (secondary N) is 1. The van der Waals surface area contributed by atoms with E-state index in [2.05, 4.69) is 22.1 Å². The number of carbonyl (C=O) groups is 1. The molecule has 1 unspecified atom stereocenters. The van der Waals surface area contributed by atoms with E-state index in [9.17, 15) is 4.79 Å². The molecule has 7 nitrogen and oxygen atoms in total. The molecule has 0 spiro atoms. The number of rotatable bonds is 7. The Balaban J connectivity index is 1.79. The van der Waals surface area contributed by atoms with Gasteiger partial charge in [0.2, 0.25) is 5.76 Å². The number of hydrogen-bond acceptors (Lipinski definition) is 5. The summed E-state index contributed by atoms with van der Waals surface area (Å²) in [7, 11) is 0. The summed E-state index contributed by atoms with van der Waals surface area (Å²) in [6.45, 7) is 7.56. The summed E-state index contributed by atoms with van der Waals surface area (Å²) in [5.74, 6) is 0.693. The maximum Gasteiger partial charge on any atom is 0.374 e. The molecular weight excluding hydrogens is 296 g/mol. The van der Waals surface area contributed by atoms with E-state index in [-0.39, 0.29) is 5.76 Å². The molecule has 7 heteroatoms. The second-order valence-electron chi connectivity index (χ2n) is 5.49. The van der Waals surface area contributed by atoms with Crippen LogP contribution in [0.1, 0.15) is 43.0 Å². The number of ether oxygens (including phenoxy) is 1. The number of esters is 1. The number of likely N-dealkylation sites (tertiary alicyclic amines) is 1. The van der Waals surface area contributed by atoms with Crippen molar-refractivity contribution < 1.29 is 13.9 Å². The summed E-state index contributed by atoms with van der Waals surface area (Å²) < 4.78 is 10.3. The molecule has 23 heavy (non-hydrogen) atoms. The van der Waals surface area contributed by atoms with Gasteiger partial charge in [-0.15, -0.1) is 0 Å². The Labute approximate surface area is 136 Å². The molecular formula is C16H26N4O3. The van der Waals surface area contributed by atoms with Crippen molar-refractivity contribution in [3.8, 4) is 0 Å². The summed E-state index contributed by atoms with van der Waals surface area (Å²) in [5.41, 5.74) is 5.89. The number of hydrogen-bond donors (Lipinski definition) is 2.